The van der Waals surface area contributed by atoms with E-state index in [2.05, 4.69) is 9.97 Å². The Morgan fingerprint density at radius 2 is 2.54 bits per heavy atom. The molecule has 1 saturated heterocycles. The lowest BCUT2D eigenvalue weighted by molar-refractivity contribution is 0.199. The predicted octanol–water partition coefficient (Wildman–Crippen LogP) is 1.67. The largest absolute Gasteiger partial charge is 0.380 e. The quantitative estimate of drug-likeness (QED) is 0.674. The van der Waals surface area contributed by atoms with Gasteiger partial charge in [0.05, 0.1) is 6.61 Å². The van der Waals surface area contributed by atoms with Crippen LogP contribution in [-0.4, -0.2) is 28.4 Å². The molecular weight excluding hydrogens is 184 g/mol. The highest BCUT2D eigenvalue weighted by atomic mass is 32.2. The van der Waals surface area contributed by atoms with E-state index in [1.165, 1.54) is 0 Å². The van der Waals surface area contributed by atoms with Gasteiger partial charge in [0.1, 0.15) is 0 Å². The van der Waals surface area contributed by atoms with E-state index in [4.69, 9.17) is 4.74 Å². The number of aromatic nitrogens is 2. The van der Waals surface area contributed by atoms with Crippen molar-refractivity contribution in [2.45, 2.75) is 23.8 Å². The van der Waals surface area contributed by atoms with Crippen molar-refractivity contribution in [2.24, 2.45) is 0 Å². The molecule has 4 heteroatoms. The molecule has 0 bridgehead atoms. The average Bonchev–Trinajstić information content (AvgIpc) is 2.57. The van der Waals surface area contributed by atoms with Gasteiger partial charge >= 0.3 is 0 Å². The highest BCUT2D eigenvalue weighted by molar-refractivity contribution is 7.99. The fourth-order valence-electron chi connectivity index (χ4n) is 1.24. The molecule has 1 aromatic rings. The Bertz CT molecular complexity index is 287. The molecule has 0 aromatic carbocycles. The second-order valence-electron chi connectivity index (χ2n) is 3.08. The maximum Gasteiger partial charge on any atom is 0.188 e. The first-order valence-electron chi connectivity index (χ1n) is 4.38. The van der Waals surface area contributed by atoms with Crippen LogP contribution in [0.4, 0.5) is 0 Å². The highest BCUT2D eigenvalue weighted by Crippen LogP contribution is 2.25. The third-order valence-electron chi connectivity index (χ3n) is 1.93. The minimum Gasteiger partial charge on any atom is -0.380 e. The Hall–Kier alpha value is -0.610. The number of rotatable bonds is 2. The first-order chi connectivity index (χ1) is 6.34. The fraction of sp³-hybridized carbons (Fsp3) is 0.556. The minimum absolute atomic E-state index is 0.543. The van der Waals surface area contributed by atoms with Crippen LogP contribution < -0.4 is 0 Å². The number of aryl methyl sites for hydroxylation is 1. The van der Waals surface area contributed by atoms with Crippen molar-refractivity contribution in [1.29, 1.82) is 0 Å². The Morgan fingerprint density at radius 3 is 3.23 bits per heavy atom. The summed E-state index contributed by atoms with van der Waals surface area (Å²) < 4.78 is 5.28. The average molecular weight is 196 g/mol. The predicted molar refractivity (Wildman–Crippen MR) is 51.9 cm³/mol. The number of ether oxygens (including phenoxy) is 1. The van der Waals surface area contributed by atoms with Crippen molar-refractivity contribution in [3.8, 4) is 0 Å². The minimum atomic E-state index is 0.543. The van der Waals surface area contributed by atoms with Crippen molar-refractivity contribution >= 4 is 11.8 Å². The lowest BCUT2D eigenvalue weighted by Crippen LogP contribution is -2.02. The molecule has 70 valence electrons. The van der Waals surface area contributed by atoms with Gasteiger partial charge in [-0.25, -0.2) is 9.97 Å². The maximum absolute atomic E-state index is 5.28. The SMILES string of the molecule is Cc1ccnc(SC2CCOC2)n1. The molecule has 1 unspecified atom stereocenters. The molecule has 1 aromatic heterocycles. The normalized spacial score (nSPS) is 22.1. The fourth-order valence-corrected chi connectivity index (χ4v) is 2.23. The van der Waals surface area contributed by atoms with Gasteiger partial charge in [-0.2, -0.15) is 0 Å². The monoisotopic (exact) mass is 196 g/mol. The summed E-state index contributed by atoms with van der Waals surface area (Å²) in [4.78, 5) is 8.53. The Labute approximate surface area is 81.9 Å². The second kappa shape index (κ2) is 4.07. The van der Waals surface area contributed by atoms with Gasteiger partial charge in [0.15, 0.2) is 5.16 Å². The van der Waals surface area contributed by atoms with E-state index in [-0.39, 0.29) is 0 Å². The third-order valence-corrected chi connectivity index (χ3v) is 3.05. The van der Waals surface area contributed by atoms with Crippen LogP contribution in [0.1, 0.15) is 12.1 Å². The summed E-state index contributed by atoms with van der Waals surface area (Å²) in [6, 6.07) is 1.91. The first-order valence-corrected chi connectivity index (χ1v) is 5.26. The summed E-state index contributed by atoms with van der Waals surface area (Å²) in [6.45, 7) is 3.70. The molecule has 1 aliphatic heterocycles. The molecule has 0 spiro atoms. The molecule has 0 saturated carbocycles. The topological polar surface area (TPSA) is 35.0 Å². The van der Waals surface area contributed by atoms with Crippen LogP contribution in [0, 0.1) is 6.92 Å². The molecule has 0 amide bonds. The van der Waals surface area contributed by atoms with E-state index >= 15 is 0 Å². The van der Waals surface area contributed by atoms with Crippen molar-refractivity contribution in [3.05, 3.63) is 18.0 Å². The smallest absolute Gasteiger partial charge is 0.188 e. The molecule has 1 aliphatic rings. The van der Waals surface area contributed by atoms with E-state index in [1.54, 1.807) is 18.0 Å². The van der Waals surface area contributed by atoms with E-state index in [0.717, 1.165) is 30.5 Å². The van der Waals surface area contributed by atoms with Gasteiger partial charge in [-0.3, -0.25) is 0 Å². The molecular formula is C9H12N2OS. The third kappa shape index (κ3) is 2.42. The van der Waals surface area contributed by atoms with Gasteiger partial charge in [-0.1, -0.05) is 11.8 Å². The van der Waals surface area contributed by atoms with E-state index in [0.29, 0.717) is 5.25 Å². The Kier molecular flexibility index (Phi) is 2.80. The molecule has 0 radical (unpaired) electrons. The van der Waals surface area contributed by atoms with E-state index in [1.807, 2.05) is 13.0 Å². The van der Waals surface area contributed by atoms with Crippen LogP contribution in [0.15, 0.2) is 17.4 Å². The van der Waals surface area contributed by atoms with Crippen molar-refractivity contribution in [3.63, 3.8) is 0 Å². The van der Waals surface area contributed by atoms with Crippen LogP contribution in [0.25, 0.3) is 0 Å². The van der Waals surface area contributed by atoms with Crippen LogP contribution in [0.3, 0.4) is 0 Å². The summed E-state index contributed by atoms with van der Waals surface area (Å²) in [5.74, 6) is 0. The molecule has 1 fully saturated rings. The van der Waals surface area contributed by atoms with Crippen LogP contribution in [-0.2, 0) is 4.74 Å². The van der Waals surface area contributed by atoms with Gasteiger partial charge in [-0.15, -0.1) is 0 Å². The number of thioether (sulfide) groups is 1. The van der Waals surface area contributed by atoms with Gasteiger partial charge in [0.25, 0.3) is 0 Å². The van der Waals surface area contributed by atoms with E-state index in [9.17, 15) is 0 Å². The van der Waals surface area contributed by atoms with Gasteiger partial charge in [0.2, 0.25) is 0 Å². The second-order valence-corrected chi connectivity index (χ2v) is 4.35. The number of hydrogen-bond acceptors (Lipinski definition) is 4. The summed E-state index contributed by atoms with van der Waals surface area (Å²) in [6.07, 6.45) is 2.92. The molecule has 0 N–H and O–H groups in total. The zero-order chi connectivity index (χ0) is 9.10. The van der Waals surface area contributed by atoms with Crippen LogP contribution >= 0.6 is 11.8 Å². The summed E-state index contributed by atoms with van der Waals surface area (Å²) >= 11 is 1.72. The summed E-state index contributed by atoms with van der Waals surface area (Å²) in [7, 11) is 0. The Balaban J connectivity index is 2.00. The number of hydrogen-bond donors (Lipinski definition) is 0. The van der Waals surface area contributed by atoms with E-state index < -0.39 is 0 Å². The Morgan fingerprint density at radius 1 is 1.62 bits per heavy atom. The standard InChI is InChI=1S/C9H12N2OS/c1-7-2-4-10-9(11-7)13-8-3-5-12-6-8/h2,4,8H,3,5-6H2,1H3. The maximum atomic E-state index is 5.28. The summed E-state index contributed by atoms with van der Waals surface area (Å²) in [5.41, 5.74) is 1.02. The van der Waals surface area contributed by atoms with Crippen LogP contribution in [0.2, 0.25) is 0 Å². The lowest BCUT2D eigenvalue weighted by Gasteiger charge is -2.04. The lowest BCUT2D eigenvalue weighted by atomic mass is 10.4. The molecule has 13 heavy (non-hydrogen) atoms. The molecule has 1 atom stereocenters. The van der Waals surface area contributed by atoms with Gasteiger partial charge in [-0.05, 0) is 19.4 Å². The van der Waals surface area contributed by atoms with Crippen molar-refractivity contribution < 1.29 is 4.74 Å². The van der Waals surface area contributed by atoms with Crippen LogP contribution in [0.5, 0.6) is 0 Å². The zero-order valence-electron chi connectivity index (χ0n) is 7.56. The highest BCUT2D eigenvalue weighted by Gasteiger charge is 2.17. The van der Waals surface area contributed by atoms with Crippen molar-refractivity contribution in [1.82, 2.24) is 9.97 Å². The van der Waals surface area contributed by atoms with Gasteiger partial charge < -0.3 is 4.74 Å². The van der Waals surface area contributed by atoms with Gasteiger partial charge in [0, 0.05) is 23.7 Å². The zero-order valence-corrected chi connectivity index (χ0v) is 8.38. The molecule has 2 heterocycles. The van der Waals surface area contributed by atoms with Crippen molar-refractivity contribution in [2.75, 3.05) is 13.2 Å². The molecule has 0 aliphatic carbocycles. The molecule has 3 nitrogen and oxygen atoms in total. The summed E-state index contributed by atoms with van der Waals surface area (Å²) in [5, 5.41) is 1.41. The molecule has 2 rings (SSSR count). The number of nitrogens with zero attached hydrogens (tertiary/aromatic N) is 2. The first kappa shape index (κ1) is 8.97.